The van der Waals surface area contributed by atoms with Gasteiger partial charge in [-0.1, -0.05) is 0 Å². The molecule has 0 aliphatic carbocycles. The minimum Gasteiger partial charge on any atom is -0.382 e. The molecule has 0 unspecified atom stereocenters. The van der Waals surface area contributed by atoms with Crippen LogP contribution in [0.4, 0.5) is 0 Å². The molecule has 17 heavy (non-hydrogen) atoms. The van der Waals surface area contributed by atoms with Crippen LogP contribution in [0.1, 0.15) is 17.7 Å². The summed E-state index contributed by atoms with van der Waals surface area (Å²) in [5, 5.41) is 5.53. The lowest BCUT2D eigenvalue weighted by molar-refractivity contribution is 0.0688. The minimum atomic E-state index is 0.685. The van der Waals surface area contributed by atoms with Gasteiger partial charge in [0.1, 0.15) is 0 Å². The molecule has 0 bridgehead atoms. The van der Waals surface area contributed by atoms with E-state index in [9.17, 15) is 0 Å². The Bertz CT molecular complexity index is 294. The van der Waals surface area contributed by atoms with Gasteiger partial charge >= 0.3 is 0 Å². The van der Waals surface area contributed by atoms with Crippen molar-refractivity contribution in [2.75, 3.05) is 33.5 Å². The summed E-state index contributed by atoms with van der Waals surface area (Å²) in [6.45, 7) is 4.20. The van der Waals surface area contributed by atoms with E-state index >= 15 is 0 Å². The van der Waals surface area contributed by atoms with Gasteiger partial charge in [0.25, 0.3) is 0 Å². The Morgan fingerprint density at radius 3 is 2.88 bits per heavy atom. The fraction of sp³-hybridized carbons (Fsp3) is 0.667. The summed E-state index contributed by atoms with van der Waals surface area (Å²) in [4.78, 5) is 1.36. The summed E-state index contributed by atoms with van der Waals surface area (Å²) in [6.07, 6.45) is 2.25. The standard InChI is InChI=1S/C12H20BrNO2S/c1-15-7-8-16-6-3-2-5-14-10-12-11(13)4-9-17-12/h4,9,14H,2-3,5-8,10H2,1H3. The second-order valence-electron chi connectivity index (χ2n) is 3.68. The molecule has 0 aromatic carbocycles. The lowest BCUT2D eigenvalue weighted by Gasteiger charge is -2.05. The van der Waals surface area contributed by atoms with Crippen LogP contribution in [-0.2, 0) is 16.0 Å². The van der Waals surface area contributed by atoms with Crippen LogP contribution in [0.15, 0.2) is 15.9 Å². The van der Waals surface area contributed by atoms with Gasteiger partial charge in [0.05, 0.1) is 13.2 Å². The smallest absolute Gasteiger partial charge is 0.0700 e. The van der Waals surface area contributed by atoms with Crippen LogP contribution in [0.2, 0.25) is 0 Å². The number of unbranched alkanes of at least 4 members (excludes halogenated alkanes) is 1. The zero-order valence-electron chi connectivity index (χ0n) is 10.2. The molecule has 1 aromatic rings. The molecule has 98 valence electrons. The zero-order valence-corrected chi connectivity index (χ0v) is 12.6. The molecule has 0 spiro atoms. The van der Waals surface area contributed by atoms with Gasteiger partial charge in [0, 0.05) is 29.6 Å². The summed E-state index contributed by atoms with van der Waals surface area (Å²) >= 11 is 5.30. The van der Waals surface area contributed by atoms with Crippen molar-refractivity contribution in [3.8, 4) is 0 Å². The highest BCUT2D eigenvalue weighted by molar-refractivity contribution is 9.10. The molecule has 1 aromatic heterocycles. The van der Waals surface area contributed by atoms with Crippen LogP contribution in [0.3, 0.4) is 0 Å². The van der Waals surface area contributed by atoms with E-state index in [4.69, 9.17) is 9.47 Å². The van der Waals surface area contributed by atoms with Gasteiger partial charge in [-0.25, -0.2) is 0 Å². The molecule has 1 rings (SSSR count). The molecule has 0 atom stereocenters. The van der Waals surface area contributed by atoms with E-state index in [1.54, 1.807) is 18.4 Å². The first-order chi connectivity index (χ1) is 8.34. The van der Waals surface area contributed by atoms with Crippen molar-refractivity contribution < 1.29 is 9.47 Å². The van der Waals surface area contributed by atoms with Crippen molar-refractivity contribution in [1.82, 2.24) is 5.32 Å². The van der Waals surface area contributed by atoms with Crippen LogP contribution in [0, 0.1) is 0 Å². The average Bonchev–Trinajstić information content (AvgIpc) is 2.73. The van der Waals surface area contributed by atoms with E-state index in [2.05, 4.69) is 32.7 Å². The van der Waals surface area contributed by atoms with E-state index in [-0.39, 0.29) is 0 Å². The predicted molar refractivity (Wildman–Crippen MR) is 75.7 cm³/mol. The van der Waals surface area contributed by atoms with Gasteiger partial charge in [-0.05, 0) is 46.8 Å². The highest BCUT2D eigenvalue weighted by Gasteiger charge is 1.99. The van der Waals surface area contributed by atoms with Gasteiger partial charge in [-0.2, -0.15) is 0 Å². The maximum Gasteiger partial charge on any atom is 0.0700 e. The SMILES string of the molecule is COCCOCCCCNCc1sccc1Br. The lowest BCUT2D eigenvalue weighted by atomic mass is 10.3. The quantitative estimate of drug-likeness (QED) is 0.672. The predicted octanol–water partition coefficient (Wildman–Crippen LogP) is 3.04. The fourth-order valence-electron chi connectivity index (χ4n) is 1.35. The van der Waals surface area contributed by atoms with Crippen molar-refractivity contribution in [2.45, 2.75) is 19.4 Å². The first-order valence-electron chi connectivity index (χ1n) is 5.84. The molecule has 0 fully saturated rings. The largest absolute Gasteiger partial charge is 0.382 e. The topological polar surface area (TPSA) is 30.5 Å². The number of rotatable bonds is 10. The molecule has 0 saturated carbocycles. The average molecular weight is 322 g/mol. The Balaban J connectivity index is 1.86. The number of hydrogen-bond donors (Lipinski definition) is 1. The maximum atomic E-state index is 5.39. The summed E-state index contributed by atoms with van der Waals surface area (Å²) < 4.78 is 11.5. The van der Waals surface area contributed by atoms with E-state index in [0.29, 0.717) is 13.2 Å². The normalized spacial score (nSPS) is 10.9. The number of halogens is 1. The van der Waals surface area contributed by atoms with Crippen molar-refractivity contribution in [1.29, 1.82) is 0 Å². The Kier molecular flexibility index (Phi) is 8.92. The Labute approximate surface area is 116 Å². The van der Waals surface area contributed by atoms with E-state index in [0.717, 1.165) is 32.5 Å². The van der Waals surface area contributed by atoms with Gasteiger partial charge in [0.15, 0.2) is 0 Å². The van der Waals surface area contributed by atoms with Gasteiger partial charge in [-0.15, -0.1) is 11.3 Å². The van der Waals surface area contributed by atoms with Crippen LogP contribution >= 0.6 is 27.3 Å². The molecule has 0 radical (unpaired) electrons. The van der Waals surface area contributed by atoms with Crippen LogP contribution in [0.5, 0.6) is 0 Å². The van der Waals surface area contributed by atoms with Gasteiger partial charge in [0.2, 0.25) is 0 Å². The third-order valence-corrected chi connectivity index (χ3v) is 4.23. The maximum absolute atomic E-state index is 5.39. The minimum absolute atomic E-state index is 0.685. The molecular formula is C12H20BrNO2S. The Morgan fingerprint density at radius 2 is 2.18 bits per heavy atom. The van der Waals surface area contributed by atoms with Crippen LogP contribution < -0.4 is 5.32 Å². The lowest BCUT2D eigenvalue weighted by Crippen LogP contribution is -2.15. The van der Waals surface area contributed by atoms with Gasteiger partial charge < -0.3 is 14.8 Å². The molecule has 0 amide bonds. The second-order valence-corrected chi connectivity index (χ2v) is 5.54. The van der Waals surface area contributed by atoms with Crippen molar-refractivity contribution in [3.05, 3.63) is 20.8 Å². The highest BCUT2D eigenvalue weighted by Crippen LogP contribution is 2.21. The second kappa shape index (κ2) is 10.0. The molecule has 0 aliphatic heterocycles. The number of methoxy groups -OCH3 is 1. The van der Waals surface area contributed by atoms with E-state index in [1.807, 2.05) is 0 Å². The number of thiophene rings is 1. The number of ether oxygens (including phenoxy) is 2. The van der Waals surface area contributed by atoms with Crippen molar-refractivity contribution in [3.63, 3.8) is 0 Å². The number of nitrogens with one attached hydrogen (secondary N) is 1. The summed E-state index contributed by atoms with van der Waals surface area (Å²) in [5.74, 6) is 0. The molecule has 1 heterocycles. The van der Waals surface area contributed by atoms with Crippen LogP contribution in [-0.4, -0.2) is 33.5 Å². The zero-order chi connectivity index (χ0) is 12.3. The van der Waals surface area contributed by atoms with Crippen molar-refractivity contribution >= 4 is 27.3 Å². The molecule has 0 aliphatic rings. The summed E-state index contributed by atoms with van der Waals surface area (Å²) in [6, 6.07) is 2.09. The first-order valence-corrected chi connectivity index (χ1v) is 7.51. The molecule has 0 saturated heterocycles. The Morgan fingerprint density at radius 1 is 1.29 bits per heavy atom. The highest BCUT2D eigenvalue weighted by atomic mass is 79.9. The Hall–Kier alpha value is 0.0600. The molecule has 3 nitrogen and oxygen atoms in total. The fourth-order valence-corrected chi connectivity index (χ4v) is 2.81. The van der Waals surface area contributed by atoms with E-state index in [1.165, 1.54) is 9.35 Å². The summed E-state index contributed by atoms with van der Waals surface area (Å²) in [7, 11) is 1.69. The third-order valence-electron chi connectivity index (χ3n) is 2.30. The summed E-state index contributed by atoms with van der Waals surface area (Å²) in [5.41, 5.74) is 0. The number of hydrogen-bond acceptors (Lipinski definition) is 4. The molecule has 1 N–H and O–H groups in total. The third kappa shape index (κ3) is 7.16. The van der Waals surface area contributed by atoms with Gasteiger partial charge in [-0.3, -0.25) is 0 Å². The first kappa shape index (κ1) is 15.1. The monoisotopic (exact) mass is 321 g/mol. The van der Waals surface area contributed by atoms with Crippen molar-refractivity contribution in [2.24, 2.45) is 0 Å². The molecular weight excluding hydrogens is 302 g/mol. The van der Waals surface area contributed by atoms with Crippen LogP contribution in [0.25, 0.3) is 0 Å². The molecule has 5 heteroatoms. The van der Waals surface area contributed by atoms with E-state index < -0.39 is 0 Å².